The van der Waals surface area contributed by atoms with Crippen LogP contribution in [0.2, 0.25) is 0 Å². The van der Waals surface area contributed by atoms with Crippen molar-refractivity contribution in [2.24, 2.45) is 7.05 Å². The van der Waals surface area contributed by atoms with Gasteiger partial charge in [0.05, 0.1) is 4.91 Å². The molecule has 1 aliphatic heterocycles. The Hall–Kier alpha value is -1.59. The Morgan fingerprint density at radius 3 is 2.78 bits per heavy atom. The zero-order valence-corrected chi connectivity index (χ0v) is 14.6. The van der Waals surface area contributed by atoms with Crippen molar-refractivity contribution in [2.75, 3.05) is 0 Å². The topological polar surface area (TPSA) is 25.2 Å². The molecule has 0 bridgehead atoms. The molecule has 1 aromatic carbocycles. The molecule has 23 heavy (non-hydrogen) atoms. The largest absolute Gasteiger partial charge is 0.350 e. The number of amides is 1. The van der Waals surface area contributed by atoms with E-state index < -0.39 is 0 Å². The average molecular weight is 342 g/mol. The third-order valence-corrected chi connectivity index (χ3v) is 6.06. The molecule has 1 saturated heterocycles. The van der Waals surface area contributed by atoms with E-state index in [0.717, 1.165) is 23.3 Å². The van der Waals surface area contributed by atoms with Crippen LogP contribution < -0.4 is 0 Å². The lowest BCUT2D eigenvalue weighted by molar-refractivity contribution is -0.123. The number of hydrogen-bond donors (Lipinski definition) is 0. The summed E-state index contributed by atoms with van der Waals surface area (Å²) in [7, 11) is 2.03. The van der Waals surface area contributed by atoms with Gasteiger partial charge >= 0.3 is 0 Å². The van der Waals surface area contributed by atoms with E-state index in [0.29, 0.717) is 10.4 Å². The van der Waals surface area contributed by atoms with Crippen molar-refractivity contribution in [1.29, 1.82) is 0 Å². The van der Waals surface area contributed by atoms with Crippen LogP contribution in [0.3, 0.4) is 0 Å². The first-order valence-corrected chi connectivity index (χ1v) is 9.19. The van der Waals surface area contributed by atoms with Crippen LogP contribution in [0.4, 0.5) is 0 Å². The summed E-state index contributed by atoms with van der Waals surface area (Å²) in [6, 6.07) is 8.56. The van der Waals surface area contributed by atoms with Crippen molar-refractivity contribution in [2.45, 2.75) is 31.7 Å². The standard InChI is InChI=1S/C18H18N2OS2/c1-19-11-12(14-8-4-5-9-15(14)19)10-16-17(21)20(18(22)23-16)13-6-2-3-7-13/h4-5,8-11,13H,2-3,6-7H2,1H3. The molecule has 0 spiro atoms. The Morgan fingerprint density at radius 1 is 1.26 bits per heavy atom. The highest BCUT2D eigenvalue weighted by Gasteiger charge is 2.38. The number of para-hydroxylation sites is 1. The molecule has 0 atom stereocenters. The summed E-state index contributed by atoms with van der Waals surface area (Å²) in [4.78, 5) is 15.4. The molecular formula is C18H18N2OS2. The van der Waals surface area contributed by atoms with Crippen LogP contribution in [0.25, 0.3) is 17.0 Å². The molecule has 1 saturated carbocycles. The number of thioether (sulfide) groups is 1. The van der Waals surface area contributed by atoms with Gasteiger partial charge in [0.1, 0.15) is 4.32 Å². The van der Waals surface area contributed by atoms with Crippen LogP contribution >= 0.6 is 24.0 Å². The lowest BCUT2D eigenvalue weighted by Crippen LogP contribution is -2.36. The predicted octanol–water partition coefficient (Wildman–Crippen LogP) is 4.32. The normalized spacial score (nSPS) is 21.3. The first-order chi connectivity index (χ1) is 11.1. The van der Waals surface area contributed by atoms with E-state index in [9.17, 15) is 4.79 Å². The number of benzene rings is 1. The molecule has 0 N–H and O–H groups in total. The minimum atomic E-state index is 0.0832. The molecule has 5 heteroatoms. The Morgan fingerprint density at radius 2 is 2.00 bits per heavy atom. The monoisotopic (exact) mass is 342 g/mol. The molecule has 1 aromatic heterocycles. The highest BCUT2D eigenvalue weighted by Crippen LogP contribution is 2.38. The molecule has 3 nitrogen and oxygen atoms in total. The minimum Gasteiger partial charge on any atom is -0.350 e. The van der Waals surface area contributed by atoms with Crippen molar-refractivity contribution >= 4 is 51.2 Å². The van der Waals surface area contributed by atoms with E-state index >= 15 is 0 Å². The molecule has 118 valence electrons. The smallest absolute Gasteiger partial charge is 0.266 e. The van der Waals surface area contributed by atoms with Crippen LogP contribution in [0.15, 0.2) is 35.4 Å². The fourth-order valence-electron chi connectivity index (χ4n) is 3.59. The molecule has 2 aromatic rings. The SMILES string of the molecule is Cn1cc(C=C2SC(=S)N(C3CCCC3)C2=O)c2ccccc21. The Balaban J connectivity index is 1.71. The molecular weight excluding hydrogens is 324 g/mol. The highest BCUT2D eigenvalue weighted by molar-refractivity contribution is 8.26. The summed E-state index contributed by atoms with van der Waals surface area (Å²) in [6.07, 6.45) is 8.62. The number of fused-ring (bicyclic) bond motifs is 1. The fourth-order valence-corrected chi connectivity index (χ4v) is 4.98. The van der Waals surface area contributed by atoms with Crippen LogP contribution in [0.1, 0.15) is 31.2 Å². The molecule has 1 aliphatic carbocycles. The number of aromatic nitrogens is 1. The second-order valence-electron chi connectivity index (χ2n) is 6.20. The molecule has 2 heterocycles. The summed E-state index contributed by atoms with van der Waals surface area (Å²) in [5.41, 5.74) is 2.25. The quantitative estimate of drug-likeness (QED) is 0.600. The molecule has 0 unspecified atom stereocenters. The van der Waals surface area contributed by atoms with Gasteiger partial charge in [-0.05, 0) is 25.0 Å². The van der Waals surface area contributed by atoms with Gasteiger partial charge in [0, 0.05) is 35.8 Å². The number of nitrogens with zero attached hydrogens (tertiary/aromatic N) is 2. The second kappa shape index (κ2) is 5.80. The summed E-state index contributed by atoms with van der Waals surface area (Å²) in [5, 5.41) is 1.17. The number of carbonyl (C=O) groups is 1. The van der Waals surface area contributed by atoms with Crippen LogP contribution in [0.5, 0.6) is 0 Å². The maximum Gasteiger partial charge on any atom is 0.266 e. The summed E-state index contributed by atoms with van der Waals surface area (Å²) >= 11 is 6.91. The number of hydrogen-bond acceptors (Lipinski definition) is 3. The average Bonchev–Trinajstić information content (AvgIpc) is 3.22. The number of aryl methyl sites for hydroxylation is 1. The maximum atomic E-state index is 12.8. The summed E-state index contributed by atoms with van der Waals surface area (Å²) in [6.45, 7) is 0. The zero-order valence-electron chi connectivity index (χ0n) is 13.0. The van der Waals surface area contributed by atoms with Gasteiger partial charge < -0.3 is 4.57 Å². The number of thiocarbonyl (C=S) groups is 1. The Bertz CT molecular complexity index is 831. The molecule has 2 aliphatic rings. The van der Waals surface area contributed by atoms with Gasteiger partial charge in [-0.1, -0.05) is 55.0 Å². The van der Waals surface area contributed by atoms with Gasteiger partial charge in [-0.3, -0.25) is 9.69 Å². The van der Waals surface area contributed by atoms with Crippen molar-refractivity contribution in [3.05, 3.63) is 40.9 Å². The molecule has 2 fully saturated rings. The Labute approximate surface area is 145 Å². The van der Waals surface area contributed by atoms with Crippen molar-refractivity contribution in [3.8, 4) is 0 Å². The summed E-state index contributed by atoms with van der Waals surface area (Å²) in [5.74, 6) is 0.0832. The maximum absolute atomic E-state index is 12.8. The van der Waals surface area contributed by atoms with Gasteiger partial charge in [0.2, 0.25) is 0 Å². The number of carbonyl (C=O) groups excluding carboxylic acids is 1. The van der Waals surface area contributed by atoms with E-state index in [1.165, 1.54) is 35.5 Å². The second-order valence-corrected chi connectivity index (χ2v) is 7.88. The third-order valence-electron chi connectivity index (χ3n) is 4.73. The number of rotatable bonds is 2. The fraction of sp³-hybridized carbons (Fsp3) is 0.333. The lowest BCUT2D eigenvalue weighted by Gasteiger charge is -2.21. The van der Waals surface area contributed by atoms with Crippen molar-refractivity contribution in [3.63, 3.8) is 0 Å². The third kappa shape index (κ3) is 2.52. The van der Waals surface area contributed by atoms with Crippen LogP contribution in [-0.2, 0) is 11.8 Å². The van der Waals surface area contributed by atoms with Crippen molar-refractivity contribution in [1.82, 2.24) is 9.47 Å². The van der Waals surface area contributed by atoms with E-state index in [1.807, 2.05) is 30.2 Å². The van der Waals surface area contributed by atoms with Crippen LogP contribution in [-0.4, -0.2) is 25.7 Å². The summed E-state index contributed by atoms with van der Waals surface area (Å²) < 4.78 is 2.81. The van der Waals surface area contributed by atoms with Gasteiger partial charge in [0.15, 0.2) is 0 Å². The van der Waals surface area contributed by atoms with E-state index in [4.69, 9.17) is 12.2 Å². The minimum absolute atomic E-state index is 0.0832. The molecule has 1 amide bonds. The first kappa shape index (κ1) is 15.0. The van der Waals surface area contributed by atoms with E-state index in [2.05, 4.69) is 22.9 Å². The van der Waals surface area contributed by atoms with Crippen LogP contribution in [0, 0.1) is 0 Å². The lowest BCUT2D eigenvalue weighted by atomic mass is 10.1. The Kier molecular flexibility index (Phi) is 3.77. The van der Waals surface area contributed by atoms with Gasteiger partial charge in [-0.2, -0.15) is 0 Å². The van der Waals surface area contributed by atoms with E-state index in [1.54, 1.807) is 0 Å². The van der Waals surface area contributed by atoms with Gasteiger partial charge in [-0.25, -0.2) is 0 Å². The first-order valence-electron chi connectivity index (χ1n) is 7.96. The van der Waals surface area contributed by atoms with Crippen molar-refractivity contribution < 1.29 is 4.79 Å². The van der Waals surface area contributed by atoms with Gasteiger partial charge in [0.25, 0.3) is 5.91 Å². The van der Waals surface area contributed by atoms with Gasteiger partial charge in [-0.15, -0.1) is 0 Å². The predicted molar refractivity (Wildman–Crippen MR) is 100 cm³/mol. The highest BCUT2D eigenvalue weighted by atomic mass is 32.2. The van der Waals surface area contributed by atoms with E-state index in [-0.39, 0.29) is 5.91 Å². The molecule has 4 rings (SSSR count). The molecule has 0 radical (unpaired) electrons. The zero-order chi connectivity index (χ0) is 16.0.